The number of nitrogens with zero attached hydrogens (tertiary/aromatic N) is 4. The fraction of sp³-hybridized carbons (Fsp3) is 0.185. The van der Waals surface area contributed by atoms with Crippen LogP contribution in [0.15, 0.2) is 79.0 Å². The van der Waals surface area contributed by atoms with Crippen LogP contribution in [0, 0.1) is 0 Å². The first-order chi connectivity index (χ1) is 16.3. The molecule has 0 atom stereocenters. The number of aromatic nitrogens is 3. The number of hydrogen-bond acceptors (Lipinski definition) is 6. The summed E-state index contributed by atoms with van der Waals surface area (Å²) in [4.78, 5) is 28.1. The summed E-state index contributed by atoms with van der Waals surface area (Å²) in [5, 5.41) is 3.34. The molecular weight excluding hydrogens is 410 g/mol. The minimum absolute atomic E-state index is 0.600. The van der Waals surface area contributed by atoms with Crippen molar-refractivity contribution < 1.29 is 4.79 Å². The highest BCUT2D eigenvalue weighted by molar-refractivity contribution is 5.87. The molecule has 0 spiro atoms. The summed E-state index contributed by atoms with van der Waals surface area (Å²) in [5.41, 5.74) is 4.59. The van der Waals surface area contributed by atoms with Crippen molar-refractivity contribution in [1.82, 2.24) is 15.0 Å². The van der Waals surface area contributed by atoms with Crippen molar-refractivity contribution in [3.8, 4) is 11.3 Å². The number of aldehydes is 1. The lowest BCUT2D eigenvalue weighted by Gasteiger charge is -2.30. The molecule has 2 aromatic carbocycles. The third-order valence-corrected chi connectivity index (χ3v) is 5.82. The lowest BCUT2D eigenvalue weighted by atomic mass is 9.99. The molecule has 0 amide bonds. The van der Waals surface area contributed by atoms with Gasteiger partial charge in [-0.3, -0.25) is 4.79 Å². The van der Waals surface area contributed by atoms with Crippen molar-refractivity contribution in [2.75, 3.05) is 23.3 Å². The smallest absolute Gasteiger partial charge is 0.224 e. The summed E-state index contributed by atoms with van der Waals surface area (Å²) in [7, 11) is 0. The number of carbonyl (C=O) groups is 1. The van der Waals surface area contributed by atoms with Gasteiger partial charge in [0.05, 0.1) is 5.69 Å². The quantitative estimate of drug-likeness (QED) is 0.408. The van der Waals surface area contributed by atoms with E-state index in [1.54, 1.807) is 6.20 Å². The third kappa shape index (κ3) is 4.60. The summed E-state index contributed by atoms with van der Waals surface area (Å²) in [5.74, 6) is 2.27. The molecule has 0 bridgehead atoms. The van der Waals surface area contributed by atoms with E-state index in [1.807, 2.05) is 60.7 Å². The van der Waals surface area contributed by atoms with Gasteiger partial charge < -0.3 is 10.2 Å². The maximum absolute atomic E-state index is 11.8. The van der Waals surface area contributed by atoms with Crippen LogP contribution in [-0.4, -0.2) is 34.3 Å². The first-order valence-electron chi connectivity index (χ1n) is 11.2. The molecule has 0 aliphatic carbocycles. The molecule has 33 heavy (non-hydrogen) atoms. The normalized spacial score (nSPS) is 12.8. The van der Waals surface area contributed by atoms with Crippen LogP contribution in [0.1, 0.15) is 27.9 Å². The fourth-order valence-corrected chi connectivity index (χ4v) is 4.20. The zero-order valence-corrected chi connectivity index (χ0v) is 18.3. The van der Waals surface area contributed by atoms with Crippen LogP contribution in [0.2, 0.25) is 0 Å². The number of rotatable bonds is 7. The fourth-order valence-electron chi connectivity index (χ4n) is 4.20. The van der Waals surface area contributed by atoms with Crippen LogP contribution < -0.4 is 10.2 Å². The summed E-state index contributed by atoms with van der Waals surface area (Å²) in [6.07, 6.45) is 5.44. The molecule has 1 aliphatic rings. The van der Waals surface area contributed by atoms with Crippen molar-refractivity contribution in [3.63, 3.8) is 0 Å². The number of benzene rings is 2. The highest BCUT2D eigenvalue weighted by Crippen LogP contribution is 2.34. The van der Waals surface area contributed by atoms with Gasteiger partial charge in [0.1, 0.15) is 11.6 Å². The Morgan fingerprint density at radius 1 is 0.970 bits per heavy atom. The number of aryl methyl sites for hydroxylation is 1. The average Bonchev–Trinajstić information content (AvgIpc) is 2.89. The predicted octanol–water partition coefficient (Wildman–Crippen LogP) is 5.09. The second-order valence-corrected chi connectivity index (χ2v) is 8.05. The maximum atomic E-state index is 11.8. The zero-order chi connectivity index (χ0) is 22.5. The molecule has 0 fully saturated rings. The number of nitrogens with one attached hydrogen (secondary N) is 1. The molecule has 2 aromatic heterocycles. The Labute approximate surface area is 193 Å². The van der Waals surface area contributed by atoms with Gasteiger partial charge >= 0.3 is 0 Å². The highest BCUT2D eigenvalue weighted by atomic mass is 16.1. The molecule has 0 saturated carbocycles. The van der Waals surface area contributed by atoms with E-state index in [9.17, 15) is 4.79 Å². The van der Waals surface area contributed by atoms with Gasteiger partial charge in [-0.05, 0) is 42.5 Å². The number of pyridine rings is 1. The molecule has 164 valence electrons. The van der Waals surface area contributed by atoms with E-state index in [4.69, 9.17) is 9.97 Å². The standard InChI is InChI=1S/C27H25N5O/c33-19-23-18-22-12-7-17-32(26(22)31-25(23)21-10-5-2-6-11-21)24-14-16-29-27(30-24)28-15-13-20-8-3-1-4-9-20/h1-6,8-11,14,16,18-19H,7,12-13,15,17H2,(H,28,29,30). The van der Waals surface area contributed by atoms with E-state index >= 15 is 0 Å². The summed E-state index contributed by atoms with van der Waals surface area (Å²) in [6.45, 7) is 1.57. The lowest BCUT2D eigenvalue weighted by Crippen LogP contribution is -2.27. The number of carbonyl (C=O) groups excluding carboxylic acids is 1. The van der Waals surface area contributed by atoms with Gasteiger partial charge in [0, 0.05) is 30.4 Å². The Kier molecular flexibility index (Phi) is 6.06. The van der Waals surface area contributed by atoms with E-state index in [1.165, 1.54) is 5.56 Å². The summed E-state index contributed by atoms with van der Waals surface area (Å²) in [6, 6.07) is 24.1. The lowest BCUT2D eigenvalue weighted by molar-refractivity contribution is 0.112. The van der Waals surface area contributed by atoms with Crippen molar-refractivity contribution in [2.24, 2.45) is 0 Å². The van der Waals surface area contributed by atoms with Crippen LogP contribution in [0.4, 0.5) is 17.6 Å². The van der Waals surface area contributed by atoms with Gasteiger partial charge in [-0.25, -0.2) is 9.97 Å². The number of anilines is 3. The molecule has 6 heteroatoms. The van der Waals surface area contributed by atoms with E-state index in [0.717, 1.165) is 61.4 Å². The van der Waals surface area contributed by atoms with Gasteiger partial charge in [-0.2, -0.15) is 4.98 Å². The Bertz CT molecular complexity index is 1240. The summed E-state index contributed by atoms with van der Waals surface area (Å²) >= 11 is 0. The largest absolute Gasteiger partial charge is 0.354 e. The van der Waals surface area contributed by atoms with Crippen molar-refractivity contribution in [3.05, 3.63) is 95.7 Å². The molecule has 0 unspecified atom stereocenters. The third-order valence-electron chi connectivity index (χ3n) is 5.82. The Morgan fingerprint density at radius 3 is 2.55 bits per heavy atom. The van der Waals surface area contributed by atoms with E-state index in [0.29, 0.717) is 17.2 Å². The second-order valence-electron chi connectivity index (χ2n) is 8.05. The molecule has 1 N–H and O–H groups in total. The average molecular weight is 436 g/mol. The van der Waals surface area contributed by atoms with Crippen molar-refractivity contribution in [2.45, 2.75) is 19.3 Å². The topological polar surface area (TPSA) is 71.0 Å². The second kappa shape index (κ2) is 9.61. The molecular formula is C27H25N5O. The Hall–Kier alpha value is -4.06. The number of hydrogen-bond donors (Lipinski definition) is 1. The van der Waals surface area contributed by atoms with E-state index in [-0.39, 0.29) is 0 Å². The van der Waals surface area contributed by atoms with Crippen LogP contribution >= 0.6 is 0 Å². The van der Waals surface area contributed by atoms with Gasteiger partial charge in [-0.1, -0.05) is 60.7 Å². The molecule has 4 aromatic rings. The predicted molar refractivity (Wildman–Crippen MR) is 131 cm³/mol. The van der Waals surface area contributed by atoms with Crippen LogP contribution in [0.3, 0.4) is 0 Å². The van der Waals surface area contributed by atoms with Gasteiger partial charge in [0.2, 0.25) is 5.95 Å². The monoisotopic (exact) mass is 435 g/mol. The Balaban J connectivity index is 1.42. The number of fused-ring (bicyclic) bond motifs is 1. The first-order valence-corrected chi connectivity index (χ1v) is 11.2. The van der Waals surface area contributed by atoms with Crippen molar-refractivity contribution >= 4 is 23.9 Å². The molecule has 0 saturated heterocycles. The molecule has 1 aliphatic heterocycles. The molecule has 6 nitrogen and oxygen atoms in total. The van der Waals surface area contributed by atoms with E-state index in [2.05, 4.69) is 27.3 Å². The van der Waals surface area contributed by atoms with Crippen LogP contribution in [0.5, 0.6) is 0 Å². The zero-order valence-electron chi connectivity index (χ0n) is 18.3. The summed E-state index contributed by atoms with van der Waals surface area (Å²) < 4.78 is 0. The van der Waals surface area contributed by atoms with E-state index < -0.39 is 0 Å². The first kappa shape index (κ1) is 20.8. The Morgan fingerprint density at radius 2 is 1.76 bits per heavy atom. The maximum Gasteiger partial charge on any atom is 0.224 e. The minimum atomic E-state index is 0.600. The minimum Gasteiger partial charge on any atom is -0.354 e. The van der Waals surface area contributed by atoms with Gasteiger partial charge in [-0.15, -0.1) is 0 Å². The molecule has 5 rings (SSSR count). The van der Waals surface area contributed by atoms with Crippen LogP contribution in [-0.2, 0) is 12.8 Å². The van der Waals surface area contributed by atoms with Gasteiger partial charge in [0.25, 0.3) is 0 Å². The van der Waals surface area contributed by atoms with Crippen molar-refractivity contribution in [1.29, 1.82) is 0 Å². The SMILES string of the molecule is O=Cc1cc2c(nc1-c1ccccc1)N(c1ccnc(NCCc3ccccc3)n1)CCC2. The molecule has 3 heterocycles. The van der Waals surface area contributed by atoms with Gasteiger partial charge in [0.15, 0.2) is 6.29 Å². The molecule has 0 radical (unpaired) electrons. The highest BCUT2D eigenvalue weighted by Gasteiger charge is 2.24. The van der Waals surface area contributed by atoms with Crippen LogP contribution in [0.25, 0.3) is 11.3 Å².